The van der Waals surface area contributed by atoms with Crippen molar-refractivity contribution in [2.75, 3.05) is 18.6 Å². The number of carboxylic acids is 2. The van der Waals surface area contributed by atoms with E-state index >= 15 is 0 Å². The van der Waals surface area contributed by atoms with Gasteiger partial charge in [-0.05, 0) is 60.3 Å². The van der Waals surface area contributed by atoms with E-state index in [9.17, 15) is 68.4 Å². The van der Waals surface area contributed by atoms with Gasteiger partial charge in [-0.15, -0.1) is 0 Å². The van der Waals surface area contributed by atoms with Crippen molar-refractivity contribution in [2.45, 2.75) is 141 Å². The summed E-state index contributed by atoms with van der Waals surface area (Å²) in [6.45, 7) is 10.2. The zero-order valence-corrected chi connectivity index (χ0v) is 45.4. The number of thioether (sulfide) groups is 1. The Kier molecular flexibility index (Phi) is 26.0. The van der Waals surface area contributed by atoms with Crippen molar-refractivity contribution < 1.29 is 68.4 Å². The second-order valence-corrected chi connectivity index (χ2v) is 20.5. The molecular formula is C52H76N10O14S. The molecule has 0 radical (unpaired) electrons. The van der Waals surface area contributed by atoms with E-state index in [0.717, 1.165) is 0 Å². The van der Waals surface area contributed by atoms with Gasteiger partial charge in [-0.25, -0.2) is 4.79 Å². The van der Waals surface area contributed by atoms with Gasteiger partial charge in [-0.3, -0.25) is 43.2 Å². The second kappa shape index (κ2) is 31.2. The number of hydrogen-bond donors (Lipinski definition) is 14. The van der Waals surface area contributed by atoms with Gasteiger partial charge in [0.1, 0.15) is 54.4 Å². The molecule has 25 heteroatoms. The summed E-state index contributed by atoms with van der Waals surface area (Å²) >= 11 is 1.35. The number of para-hydroxylation sites is 1. The number of H-pyrrole nitrogens is 1. The molecule has 77 heavy (non-hydrogen) atoms. The van der Waals surface area contributed by atoms with Crippen molar-refractivity contribution >= 4 is 81.9 Å². The highest BCUT2D eigenvalue weighted by molar-refractivity contribution is 7.98. The van der Waals surface area contributed by atoms with Crippen LogP contribution in [0.25, 0.3) is 10.9 Å². The largest absolute Gasteiger partial charge is 0.481 e. The normalized spacial score (nSPS) is 15.6. The molecule has 1 heterocycles. The second-order valence-electron chi connectivity index (χ2n) is 19.6. The lowest BCUT2D eigenvalue weighted by Gasteiger charge is -2.30. The third-order valence-corrected chi connectivity index (χ3v) is 13.4. The first kappa shape index (κ1) is 64.2. The fourth-order valence-electron chi connectivity index (χ4n) is 7.99. The maximum atomic E-state index is 14.8. The summed E-state index contributed by atoms with van der Waals surface area (Å²) < 4.78 is 0. The number of hydrogen-bond acceptors (Lipinski definition) is 14. The van der Waals surface area contributed by atoms with E-state index in [2.05, 4.69) is 47.5 Å². The van der Waals surface area contributed by atoms with Crippen LogP contribution >= 0.6 is 11.8 Å². The minimum atomic E-state index is -1.81. The summed E-state index contributed by atoms with van der Waals surface area (Å²) in [5, 5.41) is 60.4. The first-order chi connectivity index (χ1) is 36.3. The Hall–Kier alpha value is -7.09. The summed E-state index contributed by atoms with van der Waals surface area (Å²) in [6.07, 6.45) is 0.900. The number of nitrogens with two attached hydrogens (primary N) is 1. The molecule has 3 aromatic rings. The molecule has 0 fully saturated rings. The molecule has 8 amide bonds. The highest BCUT2D eigenvalue weighted by atomic mass is 32.2. The fraction of sp³-hybridized carbons (Fsp3) is 0.538. The van der Waals surface area contributed by atoms with E-state index in [1.165, 1.54) is 18.7 Å². The number of amides is 8. The van der Waals surface area contributed by atoms with Gasteiger partial charge < -0.3 is 73.7 Å². The lowest BCUT2D eigenvalue weighted by Crippen LogP contribution is -2.62. The smallest absolute Gasteiger partial charge is 0.326 e. The molecule has 0 aliphatic carbocycles. The lowest BCUT2D eigenvalue weighted by atomic mass is 9.97. The number of fused-ring (bicyclic) bond motifs is 1. The zero-order chi connectivity index (χ0) is 57.7. The van der Waals surface area contributed by atoms with Crippen LogP contribution in [0.15, 0.2) is 60.8 Å². The van der Waals surface area contributed by atoms with Crippen molar-refractivity contribution in [3.05, 3.63) is 71.9 Å². The first-order valence-corrected chi connectivity index (χ1v) is 26.7. The summed E-state index contributed by atoms with van der Waals surface area (Å²) in [6, 6.07) is 2.43. The van der Waals surface area contributed by atoms with Crippen LogP contribution in [0, 0.1) is 17.8 Å². The van der Waals surface area contributed by atoms with E-state index in [0.29, 0.717) is 34.2 Å². The van der Waals surface area contributed by atoms with Gasteiger partial charge in [0, 0.05) is 29.9 Å². The highest BCUT2D eigenvalue weighted by Gasteiger charge is 2.38. The maximum absolute atomic E-state index is 14.8. The van der Waals surface area contributed by atoms with Crippen LogP contribution in [0.4, 0.5) is 0 Å². The van der Waals surface area contributed by atoms with E-state index in [4.69, 9.17) is 5.73 Å². The quantitative estimate of drug-likeness (QED) is 0.0364. The fourth-order valence-corrected chi connectivity index (χ4v) is 8.47. The third-order valence-electron chi connectivity index (χ3n) is 12.8. The molecule has 0 unspecified atom stereocenters. The Bertz CT molecular complexity index is 2510. The Morgan fingerprint density at radius 3 is 1.61 bits per heavy atom. The van der Waals surface area contributed by atoms with Crippen molar-refractivity contribution in [1.82, 2.24) is 47.5 Å². The predicted octanol–water partition coefficient (Wildman–Crippen LogP) is -0.798. The topological polar surface area (TPSA) is 390 Å². The number of nitrogens with one attached hydrogen (secondary N) is 9. The highest BCUT2D eigenvalue weighted by Crippen LogP contribution is 2.20. The van der Waals surface area contributed by atoms with Gasteiger partial charge >= 0.3 is 11.9 Å². The van der Waals surface area contributed by atoms with Crippen LogP contribution < -0.4 is 48.3 Å². The Morgan fingerprint density at radius 1 is 0.584 bits per heavy atom. The first-order valence-electron chi connectivity index (χ1n) is 25.3. The maximum Gasteiger partial charge on any atom is 0.326 e. The molecule has 0 aliphatic rings. The number of carboxylic acid groups (broad SMARTS) is 2. The number of aliphatic hydroxyl groups is 2. The summed E-state index contributed by atoms with van der Waals surface area (Å²) in [4.78, 5) is 138. The number of aliphatic carboxylic acids is 2. The van der Waals surface area contributed by atoms with Crippen LogP contribution in [0.3, 0.4) is 0 Å². The van der Waals surface area contributed by atoms with E-state index in [1.54, 1.807) is 109 Å². The van der Waals surface area contributed by atoms with Crippen LogP contribution in [0.5, 0.6) is 0 Å². The minimum absolute atomic E-state index is 0.0212. The van der Waals surface area contributed by atoms with Gasteiger partial charge in [0.2, 0.25) is 47.3 Å². The molecule has 11 atom stereocenters. The van der Waals surface area contributed by atoms with E-state index < -0.39 is 150 Å². The van der Waals surface area contributed by atoms with E-state index in [-0.39, 0.29) is 19.3 Å². The monoisotopic (exact) mass is 1100 g/mol. The van der Waals surface area contributed by atoms with Gasteiger partial charge in [-0.2, -0.15) is 11.8 Å². The summed E-state index contributed by atoms with van der Waals surface area (Å²) in [5.41, 5.74) is 7.45. The molecular weight excluding hydrogens is 1020 g/mol. The summed E-state index contributed by atoms with van der Waals surface area (Å²) in [5.74, 6) is -11.7. The number of benzene rings is 2. The van der Waals surface area contributed by atoms with Crippen molar-refractivity contribution in [3.8, 4) is 0 Å². The summed E-state index contributed by atoms with van der Waals surface area (Å²) in [7, 11) is 0. The molecule has 2 aromatic carbocycles. The van der Waals surface area contributed by atoms with Crippen molar-refractivity contribution in [3.63, 3.8) is 0 Å². The van der Waals surface area contributed by atoms with E-state index in [1.807, 2.05) is 0 Å². The number of aromatic nitrogens is 1. The molecule has 0 saturated heterocycles. The third kappa shape index (κ3) is 19.8. The number of aromatic amines is 1. The number of carbonyl (C=O) groups excluding carboxylic acids is 8. The van der Waals surface area contributed by atoms with Crippen LogP contribution in [0.1, 0.15) is 78.9 Å². The van der Waals surface area contributed by atoms with Crippen molar-refractivity contribution in [1.29, 1.82) is 0 Å². The average molecular weight is 1100 g/mol. The SMILES string of the molecule is CC[C@H](C)[C@H](NC(=O)[C@@H](N)CO)C(=O)N[C@@H](CC(=O)O)C(=O)N[C@@H](Cc1c[nH]c2ccccc12)C(=O)N[C@@H](Cc1ccccc1)C(=O)N[C@@H](CCSC)C(=O)N[C@H](C(=O)N[C@H](C(=O)N[C@H](C(=O)O)C(C)C)[C@@H](C)O)C(C)C. The molecule has 3 rings (SSSR count). The lowest BCUT2D eigenvalue weighted by molar-refractivity contribution is -0.144. The Balaban J connectivity index is 2.02. The minimum Gasteiger partial charge on any atom is -0.481 e. The molecule has 0 bridgehead atoms. The van der Waals surface area contributed by atoms with Crippen LogP contribution in [0.2, 0.25) is 0 Å². The molecule has 24 nitrogen and oxygen atoms in total. The molecule has 0 spiro atoms. The average Bonchev–Trinajstić information content (AvgIpc) is 3.80. The predicted molar refractivity (Wildman–Crippen MR) is 286 cm³/mol. The van der Waals surface area contributed by atoms with Crippen LogP contribution in [-0.2, 0) is 60.8 Å². The van der Waals surface area contributed by atoms with Gasteiger partial charge in [0.05, 0.1) is 19.1 Å². The Labute approximate surface area is 451 Å². The van der Waals surface area contributed by atoms with Gasteiger partial charge in [0.25, 0.3) is 0 Å². The van der Waals surface area contributed by atoms with Crippen molar-refractivity contribution in [2.24, 2.45) is 23.5 Å². The molecule has 0 aliphatic heterocycles. The standard InChI is InChI=1S/C52H76N10O14S/c1-9-28(6)42(61-44(67)33(53)25-63)50(73)58-38(23-39(65)66)48(71)57-37(22-31-24-54-34-18-14-13-17-32(31)34)47(70)56-36(21-30-15-11-10-12-16-30)46(69)55-35(19-20-77-8)45(68)59-40(26(2)3)49(72)62-43(29(7)64)51(74)60-41(27(4)5)52(75)76/h10-18,24,26-29,33,35-38,40-43,54,63-64H,9,19-23,25,53H2,1-8H3,(H,55,69)(H,56,70)(H,57,71)(H,58,73)(H,59,68)(H,60,74)(H,61,67)(H,62,72)(H,65,66)(H,75,76)/t28-,29+,33-,35-,36-,37-,38-,40-,41-,42-,43-/m0/s1. The molecule has 15 N–H and O–H groups in total. The number of rotatable bonds is 32. The zero-order valence-electron chi connectivity index (χ0n) is 44.6. The number of carbonyl (C=O) groups is 10. The van der Waals surface area contributed by atoms with Gasteiger partial charge in [-0.1, -0.05) is 96.5 Å². The molecule has 424 valence electrons. The molecule has 0 saturated carbocycles. The molecule has 1 aromatic heterocycles. The van der Waals surface area contributed by atoms with Gasteiger partial charge in [0.15, 0.2) is 0 Å². The number of aliphatic hydroxyl groups excluding tert-OH is 2. The Morgan fingerprint density at radius 2 is 1.06 bits per heavy atom. The van der Waals surface area contributed by atoms with Crippen LogP contribution in [-0.4, -0.2) is 164 Å².